The van der Waals surface area contributed by atoms with Crippen LogP contribution in [0.2, 0.25) is 0 Å². The van der Waals surface area contributed by atoms with E-state index in [4.69, 9.17) is 14.7 Å². The highest BCUT2D eigenvalue weighted by Crippen LogP contribution is 2.33. The Morgan fingerprint density at radius 2 is 1.76 bits per heavy atom. The molecule has 2 aliphatic rings. The van der Waals surface area contributed by atoms with Crippen molar-refractivity contribution in [1.82, 2.24) is 14.9 Å². The first-order valence-electron chi connectivity index (χ1n) is 11.9. The molecule has 1 saturated heterocycles. The van der Waals surface area contributed by atoms with Gasteiger partial charge in [0.2, 0.25) is 11.8 Å². The monoisotopic (exact) mass is 460 g/mol. The molecule has 5 rings (SSSR count). The second-order valence-electron chi connectivity index (χ2n) is 9.25. The van der Waals surface area contributed by atoms with Crippen molar-refractivity contribution in [3.8, 4) is 11.6 Å². The van der Waals surface area contributed by atoms with Crippen molar-refractivity contribution >= 4 is 11.9 Å². The van der Waals surface area contributed by atoms with Gasteiger partial charge in [-0.3, -0.25) is 4.79 Å². The molecule has 1 fully saturated rings. The fourth-order valence-corrected chi connectivity index (χ4v) is 4.59. The predicted molar refractivity (Wildman–Crippen MR) is 129 cm³/mol. The van der Waals surface area contributed by atoms with Crippen LogP contribution < -0.4 is 9.64 Å². The van der Waals surface area contributed by atoms with E-state index in [1.165, 1.54) is 6.07 Å². The van der Waals surface area contributed by atoms with Crippen LogP contribution in [0.5, 0.6) is 11.6 Å². The van der Waals surface area contributed by atoms with Crippen LogP contribution in [0.25, 0.3) is 0 Å². The molecule has 2 aliphatic heterocycles. The van der Waals surface area contributed by atoms with Gasteiger partial charge >= 0.3 is 0 Å². The largest absolute Gasteiger partial charge is 0.435 e. The number of para-hydroxylation sites is 1. The summed E-state index contributed by atoms with van der Waals surface area (Å²) in [5.74, 6) is 1.26. The summed E-state index contributed by atoms with van der Waals surface area (Å²) < 4.78 is 20.5. The van der Waals surface area contributed by atoms with Gasteiger partial charge in [-0.15, -0.1) is 0 Å². The molecule has 34 heavy (non-hydrogen) atoms. The number of fused-ring (bicyclic) bond motifs is 1. The average Bonchev–Trinajstić information content (AvgIpc) is 2.85. The van der Waals surface area contributed by atoms with Gasteiger partial charge in [-0.05, 0) is 49.4 Å². The van der Waals surface area contributed by atoms with Gasteiger partial charge in [0.25, 0.3) is 5.91 Å². The van der Waals surface area contributed by atoms with Gasteiger partial charge in [0.05, 0.1) is 17.8 Å². The number of hydrogen-bond acceptors (Lipinski definition) is 5. The second-order valence-corrected chi connectivity index (χ2v) is 9.25. The van der Waals surface area contributed by atoms with Crippen LogP contribution in [-0.4, -0.2) is 40.4 Å². The summed E-state index contributed by atoms with van der Waals surface area (Å²) in [6.45, 7) is 6.86. The van der Waals surface area contributed by atoms with Gasteiger partial charge in [-0.25, -0.2) is 9.37 Å². The van der Waals surface area contributed by atoms with Crippen LogP contribution in [0.15, 0.2) is 48.5 Å². The molecule has 0 atom stereocenters. The number of hydrogen-bond donors (Lipinski definition) is 0. The molecule has 2 aromatic carbocycles. The van der Waals surface area contributed by atoms with Crippen molar-refractivity contribution in [3.05, 3.63) is 76.7 Å². The van der Waals surface area contributed by atoms with Crippen molar-refractivity contribution in [2.75, 3.05) is 24.5 Å². The Hall–Kier alpha value is -3.48. The molecule has 6 nitrogen and oxygen atoms in total. The Balaban J connectivity index is 1.50. The number of amides is 1. The summed E-state index contributed by atoms with van der Waals surface area (Å²) in [6.07, 6.45) is 2.77. The predicted octanol–water partition coefficient (Wildman–Crippen LogP) is 5.15. The van der Waals surface area contributed by atoms with E-state index in [-0.39, 0.29) is 11.7 Å². The number of halogens is 1. The lowest BCUT2D eigenvalue weighted by Gasteiger charge is -2.33. The normalized spacial score (nSPS) is 16.3. The maximum atomic E-state index is 14.4. The van der Waals surface area contributed by atoms with E-state index >= 15 is 0 Å². The summed E-state index contributed by atoms with van der Waals surface area (Å²) in [5, 5.41) is 0. The Bertz CT molecular complexity index is 1210. The Morgan fingerprint density at radius 1 is 1.03 bits per heavy atom. The molecule has 0 bridgehead atoms. The van der Waals surface area contributed by atoms with Crippen molar-refractivity contribution in [2.24, 2.45) is 5.92 Å². The van der Waals surface area contributed by atoms with E-state index < -0.39 is 5.82 Å². The van der Waals surface area contributed by atoms with Crippen LogP contribution in [0.4, 0.5) is 10.3 Å². The molecule has 7 heteroatoms. The summed E-state index contributed by atoms with van der Waals surface area (Å²) in [7, 11) is 0. The third-order valence-electron chi connectivity index (χ3n) is 6.78. The third kappa shape index (κ3) is 4.47. The highest BCUT2D eigenvalue weighted by atomic mass is 19.1. The lowest BCUT2D eigenvalue weighted by molar-refractivity contribution is 0.0731. The number of rotatable bonds is 4. The van der Waals surface area contributed by atoms with Crippen molar-refractivity contribution in [1.29, 1.82) is 0 Å². The lowest BCUT2D eigenvalue weighted by Crippen LogP contribution is -2.38. The molecule has 3 aromatic rings. The van der Waals surface area contributed by atoms with Crippen LogP contribution in [0.3, 0.4) is 0 Å². The van der Waals surface area contributed by atoms with Gasteiger partial charge in [0, 0.05) is 31.6 Å². The van der Waals surface area contributed by atoms with Gasteiger partial charge in [0.15, 0.2) is 11.6 Å². The molecule has 0 saturated carbocycles. The first-order valence-corrected chi connectivity index (χ1v) is 11.9. The first-order chi connectivity index (χ1) is 16.5. The minimum Gasteiger partial charge on any atom is -0.435 e. The van der Waals surface area contributed by atoms with Crippen LogP contribution in [0, 0.1) is 18.7 Å². The van der Waals surface area contributed by atoms with E-state index in [0.29, 0.717) is 42.8 Å². The van der Waals surface area contributed by atoms with Gasteiger partial charge in [-0.1, -0.05) is 37.3 Å². The molecule has 0 spiro atoms. The molecule has 1 aromatic heterocycles. The zero-order valence-corrected chi connectivity index (χ0v) is 19.6. The highest BCUT2D eigenvalue weighted by molar-refractivity contribution is 5.95. The molecule has 0 unspecified atom stereocenters. The highest BCUT2D eigenvalue weighted by Gasteiger charge is 2.29. The minimum atomic E-state index is -0.452. The molecule has 3 heterocycles. The van der Waals surface area contributed by atoms with Gasteiger partial charge < -0.3 is 14.5 Å². The maximum Gasteiger partial charge on any atom is 0.254 e. The van der Waals surface area contributed by atoms with Crippen molar-refractivity contribution in [3.63, 3.8) is 0 Å². The van der Waals surface area contributed by atoms with Gasteiger partial charge in [-0.2, -0.15) is 4.98 Å². The Labute approximate surface area is 199 Å². The minimum absolute atomic E-state index is 0.0327. The summed E-state index contributed by atoms with van der Waals surface area (Å²) in [5.41, 5.74) is 3.23. The number of piperidine rings is 1. The number of carbonyl (C=O) groups is 1. The Kier molecular flexibility index (Phi) is 6.18. The lowest BCUT2D eigenvalue weighted by atomic mass is 9.99. The molecule has 1 amide bonds. The summed E-state index contributed by atoms with van der Waals surface area (Å²) >= 11 is 0. The molecule has 176 valence electrons. The first kappa shape index (κ1) is 22.3. The number of carbonyl (C=O) groups excluding carboxylic acids is 1. The van der Waals surface area contributed by atoms with Crippen molar-refractivity contribution < 1.29 is 13.9 Å². The number of benzene rings is 2. The fourth-order valence-electron chi connectivity index (χ4n) is 4.59. The maximum absolute atomic E-state index is 14.4. The number of aromatic nitrogens is 2. The van der Waals surface area contributed by atoms with Crippen molar-refractivity contribution in [2.45, 2.75) is 39.7 Å². The average molecular weight is 461 g/mol. The third-order valence-corrected chi connectivity index (χ3v) is 6.78. The second kappa shape index (κ2) is 9.41. The number of nitrogens with zero attached hydrogens (tertiary/aromatic N) is 4. The number of anilines is 1. The molecular weight excluding hydrogens is 431 g/mol. The zero-order valence-electron chi connectivity index (χ0n) is 19.6. The molecule has 0 aliphatic carbocycles. The quantitative estimate of drug-likeness (QED) is 0.539. The SMILES string of the molecule is Cc1ccccc1C(=O)N1CCc2nc(N3CCC(C)CC3)nc(Oc3ccccc3F)c2C1. The van der Waals surface area contributed by atoms with E-state index in [1.807, 2.05) is 31.2 Å². The van der Waals surface area contributed by atoms with Crippen LogP contribution in [0.1, 0.15) is 46.9 Å². The number of aryl methyl sites for hydroxylation is 1. The van der Waals surface area contributed by atoms with Gasteiger partial charge in [0.1, 0.15) is 0 Å². The Morgan fingerprint density at radius 3 is 2.53 bits per heavy atom. The van der Waals surface area contributed by atoms with E-state index in [0.717, 1.165) is 42.8 Å². The topological polar surface area (TPSA) is 58.6 Å². The molecule has 0 radical (unpaired) electrons. The summed E-state index contributed by atoms with van der Waals surface area (Å²) in [6, 6.07) is 13.9. The number of ether oxygens (including phenoxy) is 1. The van der Waals surface area contributed by atoms with E-state index in [9.17, 15) is 9.18 Å². The molecule has 0 N–H and O–H groups in total. The molecular formula is C27H29FN4O2. The smallest absolute Gasteiger partial charge is 0.254 e. The zero-order chi connectivity index (χ0) is 23.7. The summed E-state index contributed by atoms with van der Waals surface area (Å²) in [4.78, 5) is 26.9. The fraction of sp³-hybridized carbons (Fsp3) is 0.370. The standard InChI is InChI=1S/C27H29FN4O2/c1-18-11-14-31(15-12-18)27-29-23-13-16-32(26(33)20-8-4-3-7-19(20)2)17-21(23)25(30-27)34-24-10-6-5-9-22(24)28/h3-10,18H,11-17H2,1-2H3. The van der Waals surface area contributed by atoms with Crippen LogP contribution >= 0.6 is 0 Å². The van der Waals surface area contributed by atoms with E-state index in [1.54, 1.807) is 23.1 Å². The van der Waals surface area contributed by atoms with E-state index in [2.05, 4.69) is 11.8 Å². The van der Waals surface area contributed by atoms with Crippen LogP contribution in [-0.2, 0) is 13.0 Å².